The van der Waals surface area contributed by atoms with Gasteiger partial charge in [0.1, 0.15) is 0 Å². The quantitative estimate of drug-likeness (QED) is 0.206. The van der Waals surface area contributed by atoms with Crippen LogP contribution in [-0.4, -0.2) is 10.9 Å². The molecule has 1 heterocycles. The van der Waals surface area contributed by atoms with Crippen LogP contribution in [-0.2, 0) is 0 Å². The highest BCUT2D eigenvalue weighted by Crippen LogP contribution is 2.54. The van der Waals surface area contributed by atoms with Gasteiger partial charge in [-0.2, -0.15) is 5.10 Å². The summed E-state index contributed by atoms with van der Waals surface area (Å²) in [6.07, 6.45) is 10.7. The molecule has 3 nitrogen and oxygen atoms in total. The largest absolute Gasteiger partial charge is 0.405 e. The second-order valence-electron chi connectivity index (χ2n) is 9.69. The third kappa shape index (κ3) is 2.39. The standard InChI is InChI=1S/C33H23N3/c34-18-7-19-35-36-27-15-6-14-26-31-24-12-4-2-10-22(24)21-9-1-3-11-23(21)30(31)25-13-5-8-20-16-17-28(36)33(29(20)25)32(26)27/h1-12,14-19,25H,13,34H2. The third-order valence-electron chi connectivity index (χ3n) is 7.99. The molecule has 2 aliphatic rings. The number of rotatable bonds is 2. The molecule has 1 atom stereocenters. The molecule has 0 aliphatic heterocycles. The van der Waals surface area contributed by atoms with Crippen LogP contribution in [0.15, 0.2) is 102 Å². The number of hydrogen-bond acceptors (Lipinski definition) is 2. The van der Waals surface area contributed by atoms with Gasteiger partial charge in [0.05, 0.1) is 11.0 Å². The first-order valence-corrected chi connectivity index (χ1v) is 12.5. The summed E-state index contributed by atoms with van der Waals surface area (Å²) < 4.78 is 2.08. The second-order valence-corrected chi connectivity index (χ2v) is 9.69. The molecule has 170 valence electrons. The molecule has 36 heavy (non-hydrogen) atoms. The Morgan fingerprint density at radius 2 is 1.50 bits per heavy atom. The highest BCUT2D eigenvalue weighted by Gasteiger charge is 2.33. The molecule has 0 saturated heterocycles. The van der Waals surface area contributed by atoms with E-state index in [0.29, 0.717) is 0 Å². The molecule has 6 aromatic rings. The number of aromatic nitrogens is 1. The monoisotopic (exact) mass is 461 g/mol. The molecule has 3 heteroatoms. The van der Waals surface area contributed by atoms with Crippen molar-refractivity contribution in [2.45, 2.75) is 12.3 Å². The Kier molecular flexibility index (Phi) is 3.92. The number of hydrogen-bond donors (Lipinski definition) is 1. The van der Waals surface area contributed by atoms with E-state index in [9.17, 15) is 0 Å². The molecule has 0 bridgehead atoms. The molecule has 1 aromatic heterocycles. The fraction of sp³-hybridized carbons (Fsp3) is 0.0606. The summed E-state index contributed by atoms with van der Waals surface area (Å²) in [5.74, 6) is 0.276. The highest BCUT2D eigenvalue weighted by atomic mass is 15.3. The van der Waals surface area contributed by atoms with Crippen LogP contribution in [0.4, 0.5) is 0 Å². The minimum Gasteiger partial charge on any atom is -0.405 e. The number of fused-ring (bicyclic) bond motifs is 8. The molecule has 0 saturated carbocycles. The first-order chi connectivity index (χ1) is 17.9. The van der Waals surface area contributed by atoms with Crippen LogP contribution < -0.4 is 5.73 Å². The smallest absolute Gasteiger partial charge is 0.0738 e. The Hall–Kier alpha value is -4.63. The van der Waals surface area contributed by atoms with Gasteiger partial charge < -0.3 is 5.73 Å². The molecular weight excluding hydrogens is 438 g/mol. The topological polar surface area (TPSA) is 43.3 Å². The third-order valence-corrected chi connectivity index (χ3v) is 7.99. The van der Waals surface area contributed by atoms with Crippen molar-refractivity contribution in [3.63, 3.8) is 0 Å². The van der Waals surface area contributed by atoms with Gasteiger partial charge in [-0.05, 0) is 80.2 Å². The Bertz CT molecular complexity index is 1980. The SMILES string of the molecule is NC=CC=Nn1c2cccc3c2c2c4c(ccc21)C=CCC4c1c-3c2ccccc2c2ccccc12. The number of nitrogens with two attached hydrogens (primary N) is 1. The van der Waals surface area contributed by atoms with Crippen molar-refractivity contribution in [2.24, 2.45) is 10.8 Å². The normalized spacial score (nSPS) is 16.3. The lowest BCUT2D eigenvalue weighted by Gasteiger charge is -2.27. The van der Waals surface area contributed by atoms with E-state index in [-0.39, 0.29) is 5.92 Å². The van der Waals surface area contributed by atoms with Crippen LogP contribution in [0.1, 0.15) is 29.0 Å². The van der Waals surface area contributed by atoms with Crippen molar-refractivity contribution >= 4 is 55.6 Å². The van der Waals surface area contributed by atoms with Crippen molar-refractivity contribution in [3.05, 3.63) is 114 Å². The van der Waals surface area contributed by atoms with Crippen molar-refractivity contribution in [3.8, 4) is 11.1 Å². The zero-order valence-corrected chi connectivity index (χ0v) is 19.6. The molecule has 1 unspecified atom stereocenters. The molecule has 8 rings (SSSR count). The Morgan fingerprint density at radius 3 is 2.33 bits per heavy atom. The number of allylic oxidation sites excluding steroid dienone is 2. The fourth-order valence-electron chi connectivity index (χ4n) is 6.71. The lowest BCUT2D eigenvalue weighted by molar-refractivity contribution is 0.839. The first-order valence-electron chi connectivity index (χ1n) is 12.5. The van der Waals surface area contributed by atoms with E-state index in [2.05, 4.69) is 95.7 Å². The van der Waals surface area contributed by atoms with Gasteiger partial charge >= 0.3 is 0 Å². The summed E-state index contributed by atoms with van der Waals surface area (Å²) in [5.41, 5.74) is 14.7. The predicted octanol–water partition coefficient (Wildman–Crippen LogP) is 7.94. The average molecular weight is 462 g/mol. The van der Waals surface area contributed by atoms with E-state index in [0.717, 1.165) is 17.5 Å². The Morgan fingerprint density at radius 1 is 0.750 bits per heavy atom. The first kappa shape index (κ1) is 19.7. The summed E-state index contributed by atoms with van der Waals surface area (Å²) in [6, 6.07) is 29.0. The van der Waals surface area contributed by atoms with Gasteiger partial charge in [0, 0.05) is 22.9 Å². The summed E-state index contributed by atoms with van der Waals surface area (Å²) >= 11 is 0. The summed E-state index contributed by atoms with van der Waals surface area (Å²) in [6.45, 7) is 0. The molecule has 0 spiro atoms. The molecule has 0 fully saturated rings. The van der Waals surface area contributed by atoms with Crippen molar-refractivity contribution in [2.75, 3.05) is 0 Å². The fourth-order valence-corrected chi connectivity index (χ4v) is 6.71. The maximum atomic E-state index is 5.60. The maximum absolute atomic E-state index is 5.60. The van der Waals surface area contributed by atoms with Gasteiger partial charge in [-0.3, -0.25) is 0 Å². The zero-order valence-electron chi connectivity index (χ0n) is 19.6. The van der Waals surface area contributed by atoms with Crippen LogP contribution in [0, 0.1) is 0 Å². The lowest BCUT2D eigenvalue weighted by atomic mass is 9.76. The molecule has 0 amide bonds. The molecule has 2 N–H and O–H groups in total. The van der Waals surface area contributed by atoms with E-state index in [1.54, 1.807) is 12.3 Å². The minimum absolute atomic E-state index is 0.276. The van der Waals surface area contributed by atoms with Gasteiger partial charge in [-0.25, -0.2) is 4.68 Å². The summed E-state index contributed by atoms with van der Waals surface area (Å²) in [5, 5.41) is 12.8. The zero-order chi connectivity index (χ0) is 23.8. The lowest BCUT2D eigenvalue weighted by Crippen LogP contribution is -2.08. The Labute approximate surface area is 208 Å². The van der Waals surface area contributed by atoms with Gasteiger partial charge in [-0.15, -0.1) is 0 Å². The van der Waals surface area contributed by atoms with Gasteiger partial charge in [0.15, 0.2) is 0 Å². The van der Waals surface area contributed by atoms with Crippen LogP contribution in [0.5, 0.6) is 0 Å². The average Bonchev–Trinajstić information content (AvgIpc) is 3.18. The van der Waals surface area contributed by atoms with Crippen LogP contribution in [0.2, 0.25) is 0 Å². The molecule has 5 aromatic carbocycles. The molecular formula is C33H23N3. The Balaban J connectivity index is 1.67. The maximum Gasteiger partial charge on any atom is 0.0738 e. The van der Waals surface area contributed by atoms with E-state index < -0.39 is 0 Å². The van der Waals surface area contributed by atoms with Crippen LogP contribution in [0.3, 0.4) is 0 Å². The van der Waals surface area contributed by atoms with Gasteiger partial charge in [0.2, 0.25) is 0 Å². The van der Waals surface area contributed by atoms with Crippen molar-refractivity contribution in [1.82, 2.24) is 4.68 Å². The second kappa shape index (κ2) is 7.19. The summed E-state index contributed by atoms with van der Waals surface area (Å²) in [4.78, 5) is 0. The van der Waals surface area contributed by atoms with E-state index in [4.69, 9.17) is 10.8 Å². The van der Waals surface area contributed by atoms with Gasteiger partial charge in [-0.1, -0.05) is 78.9 Å². The van der Waals surface area contributed by atoms with Crippen molar-refractivity contribution < 1.29 is 0 Å². The van der Waals surface area contributed by atoms with E-state index in [1.807, 2.05) is 0 Å². The van der Waals surface area contributed by atoms with Crippen LogP contribution >= 0.6 is 0 Å². The van der Waals surface area contributed by atoms with Crippen LogP contribution in [0.25, 0.3) is 60.6 Å². The minimum atomic E-state index is 0.276. The summed E-state index contributed by atoms with van der Waals surface area (Å²) in [7, 11) is 0. The highest BCUT2D eigenvalue weighted by molar-refractivity contribution is 6.24. The van der Waals surface area contributed by atoms with Crippen molar-refractivity contribution in [1.29, 1.82) is 0 Å². The number of nitrogens with zero attached hydrogens (tertiary/aromatic N) is 2. The number of benzene rings is 5. The van der Waals surface area contributed by atoms with E-state index in [1.165, 1.54) is 66.3 Å². The predicted molar refractivity (Wildman–Crippen MR) is 153 cm³/mol. The van der Waals surface area contributed by atoms with E-state index >= 15 is 0 Å². The van der Waals surface area contributed by atoms with Gasteiger partial charge in [0.25, 0.3) is 0 Å². The molecule has 0 radical (unpaired) electrons. The molecule has 2 aliphatic carbocycles.